The van der Waals surface area contributed by atoms with Gasteiger partial charge in [-0.1, -0.05) is 42.5 Å². The summed E-state index contributed by atoms with van der Waals surface area (Å²) in [6, 6.07) is 14.6. The molecule has 0 atom stereocenters. The molecule has 0 N–H and O–H groups in total. The second-order valence-electron chi connectivity index (χ2n) is 6.70. The second-order valence-corrected chi connectivity index (χ2v) is 6.70. The van der Waals surface area contributed by atoms with Crippen molar-refractivity contribution in [2.75, 3.05) is 0 Å². The lowest BCUT2D eigenvalue weighted by atomic mass is 10.1. The lowest BCUT2D eigenvalue weighted by molar-refractivity contribution is -0.138. The molecule has 27 heavy (non-hydrogen) atoms. The number of pyridine rings is 1. The Morgan fingerprint density at radius 3 is 2.48 bits per heavy atom. The van der Waals surface area contributed by atoms with Crippen molar-refractivity contribution in [3.05, 3.63) is 77.6 Å². The van der Waals surface area contributed by atoms with Crippen molar-refractivity contribution in [3.8, 4) is 0 Å². The molecule has 1 aliphatic carbocycles. The largest absolute Gasteiger partial charge is 0.416 e. The maximum atomic E-state index is 13.3. The van der Waals surface area contributed by atoms with Crippen LogP contribution in [0.5, 0.6) is 0 Å². The number of hydrogen-bond acceptors (Lipinski definition) is 2. The van der Waals surface area contributed by atoms with E-state index in [2.05, 4.69) is 4.98 Å². The predicted molar refractivity (Wildman–Crippen MR) is 96.1 cm³/mol. The summed E-state index contributed by atoms with van der Waals surface area (Å²) in [5, 5.41) is 1.59. The Bertz CT molecular complexity index is 991. The molecule has 0 saturated heterocycles. The average Bonchev–Trinajstić information content (AvgIpc) is 3.50. The zero-order chi connectivity index (χ0) is 19.0. The molecule has 3 aromatic rings. The van der Waals surface area contributed by atoms with Crippen molar-refractivity contribution in [1.82, 2.24) is 9.88 Å². The minimum Gasteiger partial charge on any atom is -0.330 e. The van der Waals surface area contributed by atoms with Crippen molar-refractivity contribution in [2.24, 2.45) is 0 Å². The van der Waals surface area contributed by atoms with Gasteiger partial charge in [0.05, 0.1) is 5.56 Å². The molecule has 6 heteroatoms. The molecule has 1 aromatic heterocycles. The molecule has 0 unspecified atom stereocenters. The number of alkyl halides is 3. The molecule has 3 nitrogen and oxygen atoms in total. The predicted octanol–water partition coefficient (Wildman–Crippen LogP) is 5.06. The Morgan fingerprint density at radius 2 is 1.74 bits per heavy atom. The van der Waals surface area contributed by atoms with Crippen molar-refractivity contribution in [3.63, 3.8) is 0 Å². The van der Waals surface area contributed by atoms with Gasteiger partial charge >= 0.3 is 6.18 Å². The number of carbonyl (C=O) groups excluding carboxylic acids is 1. The first kappa shape index (κ1) is 17.5. The van der Waals surface area contributed by atoms with Gasteiger partial charge in [-0.05, 0) is 35.9 Å². The highest BCUT2D eigenvalue weighted by molar-refractivity contribution is 6.05. The smallest absolute Gasteiger partial charge is 0.330 e. The summed E-state index contributed by atoms with van der Waals surface area (Å²) in [5.41, 5.74) is -0.315. The zero-order valence-electron chi connectivity index (χ0n) is 14.4. The number of halogens is 3. The lowest BCUT2D eigenvalue weighted by Crippen LogP contribution is -2.34. The summed E-state index contributed by atoms with van der Waals surface area (Å²) in [4.78, 5) is 19.0. The van der Waals surface area contributed by atoms with Gasteiger partial charge in [0.1, 0.15) is 5.69 Å². The van der Waals surface area contributed by atoms with E-state index in [0.29, 0.717) is 5.39 Å². The fraction of sp³-hybridized carbons (Fsp3) is 0.238. The third-order valence-electron chi connectivity index (χ3n) is 4.79. The van der Waals surface area contributed by atoms with Gasteiger partial charge < -0.3 is 4.90 Å². The summed E-state index contributed by atoms with van der Waals surface area (Å²) < 4.78 is 40.0. The number of fused-ring (bicyclic) bond motifs is 1. The Morgan fingerprint density at radius 1 is 1.04 bits per heavy atom. The van der Waals surface area contributed by atoms with Gasteiger partial charge in [0.15, 0.2) is 0 Å². The van der Waals surface area contributed by atoms with E-state index in [9.17, 15) is 18.0 Å². The number of carbonyl (C=O) groups is 1. The molecule has 1 aliphatic rings. The molecule has 0 spiro atoms. The molecule has 0 radical (unpaired) electrons. The quantitative estimate of drug-likeness (QED) is 0.643. The number of hydrogen-bond donors (Lipinski definition) is 0. The molecule has 2 aromatic carbocycles. The minimum absolute atomic E-state index is 0.0421. The van der Waals surface area contributed by atoms with Crippen LogP contribution >= 0.6 is 0 Å². The van der Waals surface area contributed by atoms with Crippen molar-refractivity contribution >= 4 is 16.7 Å². The number of nitrogens with zero attached hydrogens (tertiary/aromatic N) is 2. The van der Waals surface area contributed by atoms with Crippen molar-refractivity contribution in [2.45, 2.75) is 31.6 Å². The fourth-order valence-electron chi connectivity index (χ4n) is 3.30. The Kier molecular flexibility index (Phi) is 4.34. The van der Waals surface area contributed by atoms with Gasteiger partial charge in [0.25, 0.3) is 5.91 Å². The highest BCUT2D eigenvalue weighted by atomic mass is 19.4. The average molecular weight is 370 g/mol. The first-order chi connectivity index (χ1) is 12.9. The molecular formula is C21H17F3N2O. The summed E-state index contributed by atoms with van der Waals surface area (Å²) in [6.07, 6.45) is -1.30. The minimum atomic E-state index is -4.45. The van der Waals surface area contributed by atoms with Gasteiger partial charge in [-0.2, -0.15) is 13.2 Å². The molecule has 1 fully saturated rings. The summed E-state index contributed by atoms with van der Waals surface area (Å²) in [7, 11) is 0. The van der Waals surface area contributed by atoms with Crippen LogP contribution in [-0.4, -0.2) is 21.8 Å². The van der Waals surface area contributed by atoms with E-state index in [0.717, 1.165) is 24.3 Å². The van der Waals surface area contributed by atoms with E-state index in [1.54, 1.807) is 12.3 Å². The molecule has 138 valence electrons. The van der Waals surface area contributed by atoms with E-state index < -0.39 is 11.7 Å². The third kappa shape index (κ3) is 3.52. The molecule has 0 bridgehead atoms. The van der Waals surface area contributed by atoms with Gasteiger partial charge in [0.2, 0.25) is 0 Å². The molecule has 1 heterocycles. The number of benzene rings is 2. The van der Waals surface area contributed by atoms with Crippen LogP contribution in [0.3, 0.4) is 0 Å². The fourth-order valence-corrected chi connectivity index (χ4v) is 3.30. The molecule has 1 saturated carbocycles. The standard InChI is InChI=1S/C21H17F3N2O/c22-21(23,24)18-8-4-2-6-15(18)13-26(16-9-10-16)20(27)19-17-7-3-1-5-14(17)11-12-25-19/h1-8,11-12,16H,9-10,13H2. The van der Waals surface area contributed by atoms with E-state index in [-0.39, 0.29) is 29.8 Å². The van der Waals surface area contributed by atoms with Crippen LogP contribution in [-0.2, 0) is 12.7 Å². The normalized spacial score (nSPS) is 14.3. The lowest BCUT2D eigenvalue weighted by Gasteiger charge is -2.24. The molecule has 0 aliphatic heterocycles. The van der Waals surface area contributed by atoms with Crippen LogP contribution in [0.2, 0.25) is 0 Å². The molecule has 4 rings (SSSR count). The first-order valence-electron chi connectivity index (χ1n) is 8.75. The Balaban J connectivity index is 1.71. The molecular weight excluding hydrogens is 353 g/mol. The van der Waals surface area contributed by atoms with Crippen molar-refractivity contribution < 1.29 is 18.0 Å². The number of aromatic nitrogens is 1. The van der Waals surface area contributed by atoms with Gasteiger partial charge in [0, 0.05) is 24.2 Å². The maximum Gasteiger partial charge on any atom is 0.416 e. The van der Waals surface area contributed by atoms with E-state index in [4.69, 9.17) is 0 Å². The zero-order valence-corrected chi connectivity index (χ0v) is 14.4. The highest BCUT2D eigenvalue weighted by Crippen LogP contribution is 2.35. The van der Waals surface area contributed by atoms with Gasteiger partial charge in [-0.25, -0.2) is 0 Å². The Labute approximate surface area is 154 Å². The summed E-state index contributed by atoms with van der Waals surface area (Å²) in [6.45, 7) is -0.0793. The van der Waals surface area contributed by atoms with Crippen LogP contribution < -0.4 is 0 Å². The topological polar surface area (TPSA) is 33.2 Å². The van der Waals surface area contributed by atoms with Crippen LogP contribution in [0, 0.1) is 0 Å². The Hall–Kier alpha value is -2.89. The van der Waals surface area contributed by atoms with Gasteiger partial charge in [-0.15, -0.1) is 0 Å². The van der Waals surface area contributed by atoms with Crippen LogP contribution in [0.1, 0.15) is 34.5 Å². The second kappa shape index (κ2) is 6.68. The maximum absolute atomic E-state index is 13.3. The highest BCUT2D eigenvalue weighted by Gasteiger charge is 2.37. The van der Waals surface area contributed by atoms with E-state index in [1.807, 2.05) is 30.3 Å². The summed E-state index contributed by atoms with van der Waals surface area (Å²) in [5.74, 6) is -0.328. The first-order valence-corrected chi connectivity index (χ1v) is 8.75. The number of amides is 1. The number of rotatable bonds is 4. The van der Waals surface area contributed by atoms with Crippen LogP contribution in [0.15, 0.2) is 60.8 Å². The van der Waals surface area contributed by atoms with Crippen LogP contribution in [0.4, 0.5) is 13.2 Å². The third-order valence-corrected chi connectivity index (χ3v) is 4.79. The molecule has 1 amide bonds. The SMILES string of the molecule is O=C(c1nccc2ccccc12)N(Cc1ccccc1C(F)(F)F)C1CC1. The van der Waals surface area contributed by atoms with E-state index in [1.165, 1.54) is 17.0 Å². The monoisotopic (exact) mass is 370 g/mol. The van der Waals surface area contributed by atoms with Crippen molar-refractivity contribution in [1.29, 1.82) is 0 Å². The van der Waals surface area contributed by atoms with Crippen LogP contribution in [0.25, 0.3) is 10.8 Å². The van der Waals surface area contributed by atoms with E-state index >= 15 is 0 Å². The van der Waals surface area contributed by atoms with Gasteiger partial charge in [-0.3, -0.25) is 9.78 Å². The summed E-state index contributed by atoms with van der Waals surface area (Å²) >= 11 is 0.